The molecule has 1 atom stereocenters. The lowest BCUT2D eigenvalue weighted by Crippen LogP contribution is -2.33. The van der Waals surface area contributed by atoms with Crippen LogP contribution in [0.2, 0.25) is 0 Å². The van der Waals surface area contributed by atoms with Gasteiger partial charge in [0.15, 0.2) is 5.82 Å². The molecule has 2 rings (SSSR count). The molecule has 21 heavy (non-hydrogen) atoms. The predicted octanol–water partition coefficient (Wildman–Crippen LogP) is 2.75. The number of halogens is 2. The smallest absolute Gasteiger partial charge is 0.338 e. The number of hydrogen-bond donors (Lipinski definition) is 2. The van der Waals surface area contributed by atoms with Gasteiger partial charge in [0.25, 0.3) is 0 Å². The highest BCUT2D eigenvalue weighted by atomic mass is 79.9. The highest BCUT2D eigenvalue weighted by molar-refractivity contribution is 9.10. The number of sulfonamides is 1. The average Bonchev–Trinajstić information content (AvgIpc) is 3.14. The number of nitrogens with one attached hydrogen (secondary N) is 1. The Bertz CT molecular complexity index is 673. The molecule has 1 unspecified atom stereocenters. The number of carboxylic acids is 1. The zero-order valence-corrected chi connectivity index (χ0v) is 13.7. The number of carbonyl (C=O) groups is 1. The van der Waals surface area contributed by atoms with Crippen molar-refractivity contribution in [2.45, 2.75) is 37.1 Å². The van der Waals surface area contributed by atoms with Gasteiger partial charge in [0.2, 0.25) is 10.0 Å². The predicted molar refractivity (Wildman–Crippen MR) is 78.2 cm³/mol. The first-order valence-corrected chi connectivity index (χ1v) is 8.73. The van der Waals surface area contributed by atoms with E-state index in [2.05, 4.69) is 20.7 Å². The number of aromatic carboxylic acids is 1. The maximum Gasteiger partial charge on any atom is 0.338 e. The van der Waals surface area contributed by atoms with Gasteiger partial charge < -0.3 is 5.11 Å². The van der Waals surface area contributed by atoms with Crippen molar-refractivity contribution in [3.05, 3.63) is 28.0 Å². The Hall–Kier alpha value is -0.990. The van der Waals surface area contributed by atoms with Crippen LogP contribution in [-0.2, 0) is 10.0 Å². The SMILES string of the molecule is CC(CC1CC1)NS(=O)(=O)c1cc(Br)cc(C(=O)O)c1F. The topological polar surface area (TPSA) is 83.5 Å². The van der Waals surface area contributed by atoms with Crippen LogP contribution in [0.5, 0.6) is 0 Å². The highest BCUT2D eigenvalue weighted by Crippen LogP contribution is 2.34. The van der Waals surface area contributed by atoms with Crippen LogP contribution in [-0.4, -0.2) is 25.5 Å². The van der Waals surface area contributed by atoms with Gasteiger partial charge in [-0.05, 0) is 31.4 Å². The molecular weight excluding hydrogens is 365 g/mol. The van der Waals surface area contributed by atoms with Crippen molar-refractivity contribution in [2.24, 2.45) is 5.92 Å². The number of rotatable bonds is 6. The van der Waals surface area contributed by atoms with Crippen LogP contribution in [0.15, 0.2) is 21.5 Å². The zero-order valence-electron chi connectivity index (χ0n) is 11.3. The van der Waals surface area contributed by atoms with E-state index >= 15 is 0 Å². The largest absolute Gasteiger partial charge is 0.478 e. The minimum atomic E-state index is -4.10. The molecule has 8 heteroatoms. The summed E-state index contributed by atoms with van der Waals surface area (Å²) in [6, 6.07) is 1.77. The molecule has 5 nitrogen and oxygen atoms in total. The normalized spacial score (nSPS) is 16.7. The molecule has 0 aliphatic heterocycles. The van der Waals surface area contributed by atoms with Gasteiger partial charge in [-0.15, -0.1) is 0 Å². The Morgan fingerprint density at radius 2 is 2.14 bits per heavy atom. The maximum absolute atomic E-state index is 14.1. The third kappa shape index (κ3) is 4.02. The molecule has 0 aromatic heterocycles. The van der Waals surface area contributed by atoms with E-state index in [-0.39, 0.29) is 10.5 Å². The molecular formula is C13H15BrFNO4S. The van der Waals surface area contributed by atoms with Gasteiger partial charge in [0.05, 0.1) is 5.56 Å². The van der Waals surface area contributed by atoms with Crippen molar-refractivity contribution >= 4 is 31.9 Å². The van der Waals surface area contributed by atoms with Gasteiger partial charge in [-0.2, -0.15) is 0 Å². The van der Waals surface area contributed by atoms with Crippen molar-refractivity contribution in [3.63, 3.8) is 0 Å². The molecule has 1 aliphatic carbocycles. The summed E-state index contributed by atoms with van der Waals surface area (Å²) in [4.78, 5) is 10.3. The summed E-state index contributed by atoms with van der Waals surface area (Å²) in [7, 11) is -4.10. The molecule has 0 radical (unpaired) electrons. The second-order valence-corrected chi connectivity index (χ2v) is 7.87. The van der Waals surface area contributed by atoms with Crippen molar-refractivity contribution in [1.29, 1.82) is 0 Å². The van der Waals surface area contributed by atoms with Crippen LogP contribution in [0.25, 0.3) is 0 Å². The third-order valence-corrected chi connectivity index (χ3v) is 5.31. The lowest BCUT2D eigenvalue weighted by Gasteiger charge is -2.15. The molecule has 1 aromatic rings. The molecule has 116 valence electrons. The van der Waals surface area contributed by atoms with Gasteiger partial charge in [0.1, 0.15) is 4.90 Å². The lowest BCUT2D eigenvalue weighted by atomic mass is 10.2. The number of benzene rings is 1. The summed E-state index contributed by atoms with van der Waals surface area (Å²) >= 11 is 3.00. The summed E-state index contributed by atoms with van der Waals surface area (Å²) in [5.41, 5.74) is -0.681. The molecule has 1 saturated carbocycles. The van der Waals surface area contributed by atoms with Crippen molar-refractivity contribution in [1.82, 2.24) is 4.72 Å². The number of carboxylic acid groups (broad SMARTS) is 1. The van der Waals surface area contributed by atoms with Crippen LogP contribution in [0, 0.1) is 11.7 Å². The van der Waals surface area contributed by atoms with Gasteiger partial charge >= 0.3 is 5.97 Å². The first-order chi connectivity index (χ1) is 9.70. The van der Waals surface area contributed by atoms with Crippen molar-refractivity contribution in [3.8, 4) is 0 Å². The van der Waals surface area contributed by atoms with Gasteiger partial charge in [0, 0.05) is 10.5 Å². The summed E-state index contributed by atoms with van der Waals surface area (Å²) in [6.07, 6.45) is 2.86. The summed E-state index contributed by atoms with van der Waals surface area (Å²) in [5, 5.41) is 8.91. The van der Waals surface area contributed by atoms with Crippen molar-refractivity contribution < 1.29 is 22.7 Å². The summed E-state index contributed by atoms with van der Waals surface area (Å²) in [6.45, 7) is 1.71. The molecule has 0 saturated heterocycles. The first-order valence-electron chi connectivity index (χ1n) is 6.45. The number of hydrogen-bond acceptors (Lipinski definition) is 3. The fourth-order valence-electron chi connectivity index (χ4n) is 2.15. The van der Waals surface area contributed by atoms with Crippen LogP contribution in [0.3, 0.4) is 0 Å². The second-order valence-electron chi connectivity index (χ2n) is 5.27. The molecule has 0 spiro atoms. The molecule has 0 bridgehead atoms. The minimum absolute atomic E-state index is 0.191. The van der Waals surface area contributed by atoms with E-state index in [1.54, 1.807) is 6.92 Å². The third-order valence-electron chi connectivity index (χ3n) is 3.26. The fraction of sp³-hybridized carbons (Fsp3) is 0.462. The Morgan fingerprint density at radius 1 is 1.52 bits per heavy atom. The minimum Gasteiger partial charge on any atom is -0.478 e. The highest BCUT2D eigenvalue weighted by Gasteiger charge is 2.29. The molecule has 0 amide bonds. The Labute approximate surface area is 130 Å². The van der Waals surface area contributed by atoms with Gasteiger partial charge in [-0.1, -0.05) is 28.8 Å². The Balaban J connectivity index is 2.32. The van der Waals surface area contributed by atoms with Crippen molar-refractivity contribution in [2.75, 3.05) is 0 Å². The quantitative estimate of drug-likeness (QED) is 0.795. The van der Waals surface area contributed by atoms with E-state index < -0.39 is 32.3 Å². The maximum atomic E-state index is 14.1. The summed E-state index contributed by atoms with van der Waals surface area (Å²) < 4.78 is 41.1. The van der Waals surface area contributed by atoms with E-state index in [4.69, 9.17) is 5.11 Å². The monoisotopic (exact) mass is 379 g/mol. The molecule has 1 aromatic carbocycles. The molecule has 2 N–H and O–H groups in total. The molecule has 1 aliphatic rings. The van der Waals surface area contributed by atoms with Crippen LogP contribution in [0.1, 0.15) is 36.5 Å². The Kier molecular flexibility index (Phi) is 4.69. The standard InChI is InChI=1S/C13H15BrFNO4S/c1-7(4-8-2-3-8)16-21(19,20)11-6-9(14)5-10(12(11)15)13(17)18/h5-8,16H,2-4H2,1H3,(H,17,18). The van der Waals surface area contributed by atoms with E-state index in [1.807, 2.05) is 0 Å². The van der Waals surface area contributed by atoms with Crippen LogP contribution >= 0.6 is 15.9 Å². The Morgan fingerprint density at radius 3 is 2.67 bits per heavy atom. The lowest BCUT2D eigenvalue weighted by molar-refractivity contribution is 0.0691. The zero-order chi connectivity index (χ0) is 15.8. The van der Waals surface area contributed by atoms with E-state index in [9.17, 15) is 17.6 Å². The van der Waals surface area contributed by atoms with E-state index in [1.165, 1.54) is 0 Å². The van der Waals surface area contributed by atoms with Crippen LogP contribution in [0.4, 0.5) is 4.39 Å². The first kappa shape index (κ1) is 16.4. The van der Waals surface area contributed by atoms with E-state index in [0.29, 0.717) is 12.3 Å². The average molecular weight is 380 g/mol. The molecule has 0 heterocycles. The van der Waals surface area contributed by atoms with Gasteiger partial charge in [-0.3, -0.25) is 0 Å². The summed E-state index contributed by atoms with van der Waals surface area (Å²) in [5.74, 6) is -2.25. The van der Waals surface area contributed by atoms with Gasteiger partial charge in [-0.25, -0.2) is 22.3 Å². The van der Waals surface area contributed by atoms with E-state index in [0.717, 1.165) is 25.0 Å². The fourth-order valence-corrected chi connectivity index (χ4v) is 4.14. The second kappa shape index (κ2) is 6.02. The van der Waals surface area contributed by atoms with Crippen LogP contribution < -0.4 is 4.72 Å². The molecule has 1 fully saturated rings.